The third-order valence-electron chi connectivity index (χ3n) is 5.57. The molecular formula is C21H22ClF3N2O. The van der Waals surface area contributed by atoms with Gasteiger partial charge in [0.05, 0.1) is 5.56 Å². The third kappa shape index (κ3) is 4.45. The summed E-state index contributed by atoms with van der Waals surface area (Å²) in [6.07, 6.45) is -3.21. The van der Waals surface area contributed by atoms with Crippen molar-refractivity contribution in [2.24, 2.45) is 0 Å². The van der Waals surface area contributed by atoms with Gasteiger partial charge in [0.1, 0.15) is 12.4 Å². The standard InChI is InChI=1S/C21H22ClF3N2O/c22-17-6-4-15(5-7-17)12-27-14-18-11-19(27)13-26(18)8-9-28-20-3-1-2-16(10-20)21(23,24)25/h1-7,10,18-19H,8-9,11-14H2/t18?,19-/m0/s1. The first kappa shape index (κ1) is 19.6. The average molecular weight is 411 g/mol. The Balaban J connectivity index is 1.25. The zero-order valence-electron chi connectivity index (χ0n) is 15.3. The molecule has 2 fully saturated rings. The van der Waals surface area contributed by atoms with Crippen molar-refractivity contribution < 1.29 is 17.9 Å². The minimum Gasteiger partial charge on any atom is -0.492 e. The summed E-state index contributed by atoms with van der Waals surface area (Å²) in [6, 6.07) is 14.0. The van der Waals surface area contributed by atoms with Crippen LogP contribution in [0.1, 0.15) is 17.5 Å². The molecule has 2 atom stereocenters. The summed E-state index contributed by atoms with van der Waals surface area (Å²) >= 11 is 5.95. The SMILES string of the molecule is FC(F)(F)c1cccc(OCCN2C[C@@H]3CC2CN3Cc2ccc(Cl)cc2)c1. The van der Waals surface area contributed by atoms with E-state index >= 15 is 0 Å². The number of rotatable bonds is 6. The molecule has 0 amide bonds. The van der Waals surface area contributed by atoms with Gasteiger partial charge in [0.2, 0.25) is 0 Å². The molecule has 2 bridgehead atoms. The molecule has 4 rings (SSSR count). The van der Waals surface area contributed by atoms with E-state index in [9.17, 15) is 13.2 Å². The second kappa shape index (κ2) is 7.93. The first-order valence-corrected chi connectivity index (χ1v) is 9.79. The minimum atomic E-state index is -4.35. The Morgan fingerprint density at radius 3 is 2.39 bits per heavy atom. The molecule has 2 saturated heterocycles. The van der Waals surface area contributed by atoms with Crippen molar-refractivity contribution in [3.05, 3.63) is 64.7 Å². The van der Waals surface area contributed by atoms with Crippen molar-refractivity contribution in [1.29, 1.82) is 0 Å². The van der Waals surface area contributed by atoms with E-state index in [1.807, 2.05) is 12.1 Å². The average Bonchev–Trinajstić information content (AvgIpc) is 3.23. The van der Waals surface area contributed by atoms with Crippen molar-refractivity contribution in [2.45, 2.75) is 31.2 Å². The summed E-state index contributed by atoms with van der Waals surface area (Å²) in [6.45, 7) is 4.03. The van der Waals surface area contributed by atoms with Gasteiger partial charge >= 0.3 is 6.18 Å². The zero-order valence-corrected chi connectivity index (χ0v) is 16.1. The first-order valence-electron chi connectivity index (χ1n) is 9.41. The summed E-state index contributed by atoms with van der Waals surface area (Å²) in [5.74, 6) is 0.267. The van der Waals surface area contributed by atoms with Crippen LogP contribution in [0, 0.1) is 0 Å². The summed E-state index contributed by atoms with van der Waals surface area (Å²) in [7, 11) is 0. The van der Waals surface area contributed by atoms with Gasteiger partial charge in [0, 0.05) is 43.3 Å². The number of benzene rings is 2. The predicted molar refractivity (Wildman–Crippen MR) is 103 cm³/mol. The van der Waals surface area contributed by atoms with Crippen LogP contribution < -0.4 is 4.74 Å². The molecule has 7 heteroatoms. The first-order chi connectivity index (χ1) is 13.4. The number of ether oxygens (including phenoxy) is 1. The van der Waals surface area contributed by atoms with Crippen molar-refractivity contribution in [3.63, 3.8) is 0 Å². The van der Waals surface area contributed by atoms with E-state index in [4.69, 9.17) is 16.3 Å². The van der Waals surface area contributed by atoms with Crippen molar-refractivity contribution >= 4 is 11.6 Å². The molecule has 0 aromatic heterocycles. The highest BCUT2D eigenvalue weighted by molar-refractivity contribution is 6.30. The molecule has 150 valence electrons. The molecule has 0 N–H and O–H groups in total. The largest absolute Gasteiger partial charge is 0.492 e. The number of halogens is 4. The van der Waals surface area contributed by atoms with Crippen LogP contribution >= 0.6 is 11.6 Å². The maximum absolute atomic E-state index is 12.8. The normalized spacial score (nSPS) is 22.7. The Hall–Kier alpha value is -1.76. The Morgan fingerprint density at radius 2 is 1.71 bits per heavy atom. The lowest BCUT2D eigenvalue weighted by molar-refractivity contribution is -0.137. The van der Waals surface area contributed by atoms with E-state index in [0.29, 0.717) is 18.7 Å². The maximum atomic E-state index is 12.8. The van der Waals surface area contributed by atoms with Gasteiger partial charge in [-0.15, -0.1) is 0 Å². The van der Waals surface area contributed by atoms with Crippen molar-refractivity contribution in [2.75, 3.05) is 26.2 Å². The van der Waals surface area contributed by atoms with E-state index in [1.54, 1.807) is 6.07 Å². The lowest BCUT2D eigenvalue weighted by atomic mass is 10.2. The van der Waals surface area contributed by atoms with E-state index in [1.165, 1.54) is 11.6 Å². The van der Waals surface area contributed by atoms with Crippen molar-refractivity contribution in [1.82, 2.24) is 9.80 Å². The van der Waals surface area contributed by atoms with Gasteiger partial charge in [-0.3, -0.25) is 9.80 Å². The molecule has 0 spiro atoms. The molecule has 2 aromatic rings. The number of hydrogen-bond donors (Lipinski definition) is 0. The topological polar surface area (TPSA) is 15.7 Å². The highest BCUT2D eigenvalue weighted by Crippen LogP contribution is 2.33. The van der Waals surface area contributed by atoms with Gasteiger partial charge in [-0.1, -0.05) is 29.8 Å². The quantitative estimate of drug-likeness (QED) is 0.686. The van der Waals surface area contributed by atoms with Gasteiger partial charge in [-0.2, -0.15) is 13.2 Å². The number of nitrogens with zero attached hydrogens (tertiary/aromatic N) is 2. The van der Waals surface area contributed by atoms with Crippen molar-refractivity contribution in [3.8, 4) is 5.75 Å². The van der Waals surface area contributed by atoms with Crippen LogP contribution in [0.5, 0.6) is 5.75 Å². The fourth-order valence-corrected chi connectivity index (χ4v) is 4.29. The monoisotopic (exact) mass is 410 g/mol. The van der Waals surface area contributed by atoms with Crippen LogP contribution in [0.4, 0.5) is 13.2 Å². The lowest BCUT2D eigenvalue weighted by Crippen LogP contribution is -2.47. The number of hydrogen-bond acceptors (Lipinski definition) is 3. The Morgan fingerprint density at radius 1 is 1.00 bits per heavy atom. The molecule has 3 nitrogen and oxygen atoms in total. The van der Waals surface area contributed by atoms with Gasteiger partial charge in [-0.05, 0) is 42.3 Å². The molecule has 0 radical (unpaired) electrons. The third-order valence-corrected chi connectivity index (χ3v) is 5.83. The highest BCUT2D eigenvalue weighted by Gasteiger charge is 2.42. The molecule has 2 aliphatic rings. The second-order valence-corrected chi connectivity index (χ2v) is 7.90. The highest BCUT2D eigenvalue weighted by atomic mass is 35.5. The Labute approximate surface area is 167 Å². The molecular weight excluding hydrogens is 389 g/mol. The number of alkyl halides is 3. The molecule has 1 unspecified atom stereocenters. The van der Waals surface area contributed by atoms with Crippen LogP contribution in [0.25, 0.3) is 0 Å². The van der Waals surface area contributed by atoms with E-state index in [0.717, 1.165) is 49.8 Å². The van der Waals surface area contributed by atoms with Crippen LogP contribution in [0.15, 0.2) is 48.5 Å². The number of fused-ring (bicyclic) bond motifs is 2. The molecule has 2 heterocycles. The van der Waals surface area contributed by atoms with Crippen LogP contribution in [-0.4, -0.2) is 48.1 Å². The molecule has 0 aliphatic carbocycles. The predicted octanol–water partition coefficient (Wildman–Crippen LogP) is 4.70. The minimum absolute atomic E-state index is 0.267. The molecule has 2 aliphatic heterocycles. The Bertz CT molecular complexity index is 812. The second-order valence-electron chi connectivity index (χ2n) is 7.47. The van der Waals surface area contributed by atoms with Crippen LogP contribution in [0.3, 0.4) is 0 Å². The molecule has 0 saturated carbocycles. The zero-order chi connectivity index (χ0) is 19.7. The fourth-order valence-electron chi connectivity index (χ4n) is 4.17. The Kier molecular flexibility index (Phi) is 5.54. The van der Waals surface area contributed by atoms with E-state index in [-0.39, 0.29) is 5.75 Å². The summed E-state index contributed by atoms with van der Waals surface area (Å²) in [5, 5.41) is 0.749. The maximum Gasteiger partial charge on any atom is 0.416 e. The van der Waals surface area contributed by atoms with Crippen LogP contribution in [-0.2, 0) is 12.7 Å². The number of likely N-dealkylation sites (tertiary alicyclic amines) is 2. The molecule has 2 aromatic carbocycles. The van der Waals surface area contributed by atoms with Gasteiger partial charge in [0.15, 0.2) is 0 Å². The molecule has 28 heavy (non-hydrogen) atoms. The van der Waals surface area contributed by atoms with Gasteiger partial charge in [0.25, 0.3) is 0 Å². The fraction of sp³-hybridized carbons (Fsp3) is 0.429. The van der Waals surface area contributed by atoms with Gasteiger partial charge in [-0.25, -0.2) is 0 Å². The van der Waals surface area contributed by atoms with Crippen LogP contribution in [0.2, 0.25) is 5.02 Å². The number of piperazine rings is 1. The summed E-state index contributed by atoms with van der Waals surface area (Å²) < 4.78 is 43.9. The van der Waals surface area contributed by atoms with E-state index in [2.05, 4.69) is 21.9 Å². The van der Waals surface area contributed by atoms with Gasteiger partial charge < -0.3 is 4.74 Å². The smallest absolute Gasteiger partial charge is 0.416 e. The lowest BCUT2D eigenvalue weighted by Gasteiger charge is -2.34. The summed E-state index contributed by atoms with van der Waals surface area (Å²) in [4.78, 5) is 4.88. The summed E-state index contributed by atoms with van der Waals surface area (Å²) in [5.41, 5.74) is 0.583. The van der Waals surface area contributed by atoms with E-state index < -0.39 is 11.7 Å².